The maximum Gasteiger partial charge on any atom is 0.254 e. The summed E-state index contributed by atoms with van der Waals surface area (Å²) in [5.41, 5.74) is 0.884. The SMILES string of the molecule is CC(C)C(=O)C(NC(=O)c1cc(C2CCCN(C(=O)C3CC3)C2)ccc1F)C1CCCCC1. The number of piperidine rings is 1. The number of carbonyl (C=O) groups excluding carboxylic acids is 3. The Kier molecular flexibility index (Phi) is 7.50. The van der Waals surface area contributed by atoms with Gasteiger partial charge < -0.3 is 10.2 Å². The standard InChI is InChI=1S/C27H37FN2O3/c1-17(2)25(31)24(18-7-4-3-5-8-18)29-26(32)22-15-20(12-13-23(22)28)21-9-6-14-30(16-21)27(33)19-10-11-19/h12-13,15,17-19,21,24H,3-11,14,16H2,1-2H3,(H,29,32). The van der Waals surface area contributed by atoms with E-state index in [1.54, 1.807) is 12.1 Å². The van der Waals surface area contributed by atoms with E-state index in [1.807, 2.05) is 18.7 Å². The van der Waals surface area contributed by atoms with Crippen LogP contribution in [0.4, 0.5) is 4.39 Å². The summed E-state index contributed by atoms with van der Waals surface area (Å²) in [5, 5.41) is 2.91. The number of hydrogen-bond donors (Lipinski definition) is 1. The summed E-state index contributed by atoms with van der Waals surface area (Å²) in [5.74, 6) is -0.614. The van der Waals surface area contributed by atoms with Crippen molar-refractivity contribution in [3.05, 3.63) is 35.1 Å². The summed E-state index contributed by atoms with van der Waals surface area (Å²) >= 11 is 0. The Morgan fingerprint density at radius 2 is 1.73 bits per heavy atom. The molecule has 2 saturated carbocycles. The van der Waals surface area contributed by atoms with Crippen LogP contribution >= 0.6 is 0 Å². The summed E-state index contributed by atoms with van der Waals surface area (Å²) in [7, 11) is 0. The molecule has 1 saturated heterocycles. The summed E-state index contributed by atoms with van der Waals surface area (Å²) in [4.78, 5) is 40.6. The summed E-state index contributed by atoms with van der Waals surface area (Å²) in [6, 6.07) is 4.16. The monoisotopic (exact) mass is 456 g/mol. The molecule has 2 unspecified atom stereocenters. The smallest absolute Gasteiger partial charge is 0.254 e. The Morgan fingerprint density at radius 3 is 2.39 bits per heavy atom. The predicted molar refractivity (Wildman–Crippen MR) is 125 cm³/mol. The van der Waals surface area contributed by atoms with Crippen LogP contribution in [0.2, 0.25) is 0 Å². The van der Waals surface area contributed by atoms with Gasteiger partial charge in [0.25, 0.3) is 5.91 Å². The average Bonchev–Trinajstić information content (AvgIpc) is 3.68. The van der Waals surface area contributed by atoms with E-state index in [0.717, 1.165) is 69.9 Å². The first-order valence-electron chi connectivity index (χ1n) is 12.8. The lowest BCUT2D eigenvalue weighted by molar-refractivity contribution is -0.133. The summed E-state index contributed by atoms with van der Waals surface area (Å²) < 4.78 is 14.7. The number of Topliss-reactive ketones (excluding diaryl/α,β-unsaturated/α-hetero) is 1. The zero-order chi connectivity index (χ0) is 23.5. The number of benzene rings is 1. The minimum atomic E-state index is -0.572. The molecule has 0 spiro atoms. The van der Waals surface area contributed by atoms with Crippen LogP contribution in [0.25, 0.3) is 0 Å². The van der Waals surface area contributed by atoms with E-state index in [9.17, 15) is 18.8 Å². The molecule has 3 fully saturated rings. The van der Waals surface area contributed by atoms with E-state index in [0.29, 0.717) is 6.54 Å². The number of likely N-dealkylation sites (tertiary alicyclic amines) is 1. The van der Waals surface area contributed by atoms with Crippen LogP contribution in [0, 0.1) is 23.6 Å². The highest BCUT2D eigenvalue weighted by atomic mass is 19.1. The number of rotatable bonds is 7. The van der Waals surface area contributed by atoms with E-state index in [2.05, 4.69) is 5.32 Å². The van der Waals surface area contributed by atoms with Crippen molar-refractivity contribution in [1.29, 1.82) is 0 Å². The average molecular weight is 457 g/mol. The predicted octanol–water partition coefficient (Wildman–Crippen LogP) is 4.85. The van der Waals surface area contributed by atoms with Crippen LogP contribution in [0.15, 0.2) is 18.2 Å². The molecule has 0 bridgehead atoms. The van der Waals surface area contributed by atoms with E-state index in [-0.39, 0.29) is 40.9 Å². The van der Waals surface area contributed by atoms with Crippen molar-refractivity contribution in [2.75, 3.05) is 13.1 Å². The Balaban J connectivity index is 1.50. The molecule has 3 aliphatic rings. The first kappa shape index (κ1) is 23.9. The third kappa shape index (κ3) is 5.64. The Labute approximate surface area is 196 Å². The second kappa shape index (κ2) is 10.4. The van der Waals surface area contributed by atoms with Crippen LogP contribution in [-0.2, 0) is 9.59 Å². The molecule has 1 aromatic carbocycles. The zero-order valence-electron chi connectivity index (χ0n) is 19.9. The number of carbonyl (C=O) groups is 3. The lowest BCUT2D eigenvalue weighted by Crippen LogP contribution is -2.48. The lowest BCUT2D eigenvalue weighted by atomic mass is 9.80. The number of hydrogen-bond acceptors (Lipinski definition) is 3. The fraction of sp³-hybridized carbons (Fsp3) is 0.667. The van der Waals surface area contributed by atoms with Gasteiger partial charge in [-0.1, -0.05) is 39.2 Å². The molecular formula is C27H37FN2O3. The summed E-state index contributed by atoms with van der Waals surface area (Å²) in [6.07, 6.45) is 8.90. The van der Waals surface area contributed by atoms with E-state index >= 15 is 0 Å². The second-order valence-electron chi connectivity index (χ2n) is 10.5. The Hall–Kier alpha value is -2.24. The normalized spacial score (nSPS) is 22.8. The van der Waals surface area contributed by atoms with E-state index < -0.39 is 17.8 Å². The Bertz CT molecular complexity index is 889. The number of amides is 2. The topological polar surface area (TPSA) is 66.5 Å². The van der Waals surface area contributed by atoms with Gasteiger partial charge in [-0.15, -0.1) is 0 Å². The number of nitrogens with zero attached hydrogens (tertiary/aromatic N) is 1. The van der Waals surface area contributed by atoms with Gasteiger partial charge in [0.2, 0.25) is 5.91 Å². The van der Waals surface area contributed by atoms with Gasteiger partial charge >= 0.3 is 0 Å². The molecule has 1 N–H and O–H groups in total. The highest BCUT2D eigenvalue weighted by molar-refractivity contribution is 5.98. The molecule has 1 heterocycles. The molecule has 2 aliphatic carbocycles. The lowest BCUT2D eigenvalue weighted by Gasteiger charge is -2.33. The van der Waals surface area contributed by atoms with Gasteiger partial charge in [0.1, 0.15) is 5.82 Å². The fourth-order valence-corrected chi connectivity index (χ4v) is 5.48. The molecule has 5 nitrogen and oxygen atoms in total. The van der Waals surface area contributed by atoms with Crippen molar-refractivity contribution in [3.63, 3.8) is 0 Å². The van der Waals surface area contributed by atoms with Crippen molar-refractivity contribution in [2.24, 2.45) is 17.8 Å². The van der Waals surface area contributed by atoms with Crippen LogP contribution in [0.5, 0.6) is 0 Å². The molecule has 180 valence electrons. The number of nitrogens with one attached hydrogen (secondary N) is 1. The van der Waals surface area contributed by atoms with E-state index in [4.69, 9.17) is 0 Å². The molecule has 33 heavy (non-hydrogen) atoms. The van der Waals surface area contributed by atoms with Crippen LogP contribution < -0.4 is 5.32 Å². The molecule has 1 aromatic rings. The van der Waals surface area contributed by atoms with Gasteiger partial charge in [-0.25, -0.2) is 4.39 Å². The quantitative estimate of drug-likeness (QED) is 0.638. The van der Waals surface area contributed by atoms with Gasteiger partial charge in [-0.05, 0) is 62.1 Å². The minimum Gasteiger partial charge on any atom is -0.342 e. The molecule has 0 radical (unpaired) electrons. The summed E-state index contributed by atoms with van der Waals surface area (Å²) in [6.45, 7) is 5.10. The molecule has 0 aromatic heterocycles. The highest BCUT2D eigenvalue weighted by Crippen LogP contribution is 2.35. The largest absolute Gasteiger partial charge is 0.342 e. The van der Waals surface area contributed by atoms with Crippen molar-refractivity contribution in [2.45, 2.75) is 83.6 Å². The third-order valence-corrected chi connectivity index (χ3v) is 7.65. The molecule has 2 atom stereocenters. The van der Waals surface area contributed by atoms with Crippen LogP contribution in [0.3, 0.4) is 0 Å². The van der Waals surface area contributed by atoms with Crippen molar-refractivity contribution >= 4 is 17.6 Å². The van der Waals surface area contributed by atoms with Gasteiger partial charge in [-0.3, -0.25) is 14.4 Å². The molecule has 4 rings (SSSR count). The van der Waals surface area contributed by atoms with Crippen molar-refractivity contribution in [1.82, 2.24) is 10.2 Å². The number of halogens is 1. The van der Waals surface area contributed by atoms with Gasteiger partial charge in [0.15, 0.2) is 5.78 Å². The maximum absolute atomic E-state index is 14.7. The molecule has 6 heteroatoms. The van der Waals surface area contributed by atoms with Gasteiger partial charge in [0.05, 0.1) is 11.6 Å². The first-order chi connectivity index (χ1) is 15.8. The van der Waals surface area contributed by atoms with Gasteiger partial charge in [-0.2, -0.15) is 0 Å². The molecule has 2 amide bonds. The molecular weight excluding hydrogens is 419 g/mol. The molecule has 1 aliphatic heterocycles. The van der Waals surface area contributed by atoms with E-state index in [1.165, 1.54) is 6.07 Å². The van der Waals surface area contributed by atoms with Crippen LogP contribution in [0.1, 0.15) is 93.5 Å². The fourth-order valence-electron chi connectivity index (χ4n) is 5.48. The zero-order valence-corrected chi connectivity index (χ0v) is 19.9. The maximum atomic E-state index is 14.7. The van der Waals surface area contributed by atoms with Crippen molar-refractivity contribution < 1.29 is 18.8 Å². The second-order valence-corrected chi connectivity index (χ2v) is 10.5. The Morgan fingerprint density at radius 1 is 1.00 bits per heavy atom. The number of ketones is 1. The third-order valence-electron chi connectivity index (χ3n) is 7.65. The van der Waals surface area contributed by atoms with Gasteiger partial charge in [0, 0.05) is 30.8 Å². The van der Waals surface area contributed by atoms with Crippen molar-refractivity contribution in [3.8, 4) is 0 Å². The van der Waals surface area contributed by atoms with Crippen LogP contribution in [-0.4, -0.2) is 41.6 Å². The minimum absolute atomic E-state index is 0.00416. The highest BCUT2D eigenvalue weighted by Gasteiger charge is 2.36. The first-order valence-corrected chi connectivity index (χ1v) is 12.8.